The first-order chi connectivity index (χ1) is 20.8. The van der Waals surface area contributed by atoms with E-state index in [0.29, 0.717) is 0 Å². The van der Waals surface area contributed by atoms with Crippen molar-refractivity contribution in [1.82, 2.24) is 0 Å². The van der Waals surface area contributed by atoms with Crippen LogP contribution in [0, 0.1) is 0 Å². The van der Waals surface area contributed by atoms with Crippen molar-refractivity contribution in [2.24, 2.45) is 0 Å². The van der Waals surface area contributed by atoms with Gasteiger partial charge in [0.05, 0.1) is 0 Å². The highest BCUT2D eigenvalue weighted by molar-refractivity contribution is 6.14. The Kier molecular flexibility index (Phi) is 5.12. The van der Waals surface area contributed by atoms with Crippen LogP contribution in [0.4, 0.5) is 0 Å². The molecule has 1 aliphatic carbocycles. The third kappa shape index (κ3) is 3.62. The smallest absolute Gasteiger partial charge is 0.00704 e. The van der Waals surface area contributed by atoms with E-state index in [1.807, 2.05) is 0 Å². The first kappa shape index (κ1) is 23.5. The maximum absolute atomic E-state index is 2.43. The summed E-state index contributed by atoms with van der Waals surface area (Å²) in [6, 6.07) is 54.2. The van der Waals surface area contributed by atoms with Crippen molar-refractivity contribution in [3.8, 4) is 33.4 Å². The van der Waals surface area contributed by atoms with Gasteiger partial charge in [0.1, 0.15) is 0 Å². The SMILES string of the molecule is c1ccc2c3c(ccc2c1)CCc1cc(-c2ccc4cc(-c5cc6ccccc6c6ccccc56)ccc4c2)ccc1-3. The Bertz CT molecular complexity index is 2350. The lowest BCUT2D eigenvalue weighted by atomic mass is 9.81. The van der Waals surface area contributed by atoms with E-state index >= 15 is 0 Å². The molecule has 0 bridgehead atoms. The minimum atomic E-state index is 1.09. The third-order valence-electron chi connectivity index (χ3n) is 9.31. The van der Waals surface area contributed by atoms with Gasteiger partial charge in [0.15, 0.2) is 0 Å². The molecule has 0 unspecified atom stereocenters. The van der Waals surface area contributed by atoms with Gasteiger partial charge in [0.25, 0.3) is 0 Å². The lowest BCUT2D eigenvalue weighted by Gasteiger charge is -2.22. The van der Waals surface area contributed by atoms with Gasteiger partial charge in [0, 0.05) is 0 Å². The normalized spacial score (nSPS) is 12.6. The fourth-order valence-corrected chi connectivity index (χ4v) is 7.22. The van der Waals surface area contributed by atoms with Crippen LogP contribution in [0.3, 0.4) is 0 Å². The summed E-state index contributed by atoms with van der Waals surface area (Å²) in [5.74, 6) is 0. The largest absolute Gasteiger partial charge is 0.0616 e. The van der Waals surface area contributed by atoms with Gasteiger partial charge in [-0.05, 0) is 119 Å². The topological polar surface area (TPSA) is 0 Å². The molecular formula is C42H28. The molecule has 1 aliphatic rings. The minimum Gasteiger partial charge on any atom is -0.0616 e. The summed E-state index contributed by atoms with van der Waals surface area (Å²) in [6.45, 7) is 0. The zero-order chi connectivity index (χ0) is 27.6. The van der Waals surface area contributed by atoms with E-state index in [-0.39, 0.29) is 0 Å². The molecule has 8 aromatic carbocycles. The van der Waals surface area contributed by atoms with Crippen molar-refractivity contribution in [2.45, 2.75) is 12.8 Å². The maximum atomic E-state index is 2.43. The van der Waals surface area contributed by atoms with Crippen molar-refractivity contribution in [3.63, 3.8) is 0 Å². The average molecular weight is 533 g/mol. The van der Waals surface area contributed by atoms with E-state index < -0.39 is 0 Å². The Hall–Kier alpha value is -5.20. The van der Waals surface area contributed by atoms with Gasteiger partial charge in [-0.25, -0.2) is 0 Å². The molecule has 0 saturated carbocycles. The second-order valence-electron chi connectivity index (χ2n) is 11.7. The van der Waals surface area contributed by atoms with Crippen molar-refractivity contribution < 1.29 is 0 Å². The van der Waals surface area contributed by atoms with E-state index in [1.54, 1.807) is 0 Å². The molecule has 0 radical (unpaired) electrons. The number of aryl methyl sites for hydroxylation is 2. The molecule has 0 aromatic heterocycles. The molecule has 0 amide bonds. The molecule has 0 heteroatoms. The molecule has 0 fully saturated rings. The highest BCUT2D eigenvalue weighted by atomic mass is 14.2. The second-order valence-corrected chi connectivity index (χ2v) is 11.7. The summed E-state index contributed by atoms with van der Waals surface area (Å²) >= 11 is 0. The summed E-state index contributed by atoms with van der Waals surface area (Å²) in [7, 11) is 0. The zero-order valence-corrected chi connectivity index (χ0v) is 23.3. The van der Waals surface area contributed by atoms with Gasteiger partial charge >= 0.3 is 0 Å². The molecule has 0 aliphatic heterocycles. The van der Waals surface area contributed by atoms with E-state index in [4.69, 9.17) is 0 Å². The molecule has 0 spiro atoms. The molecule has 42 heavy (non-hydrogen) atoms. The number of hydrogen-bond donors (Lipinski definition) is 0. The first-order valence-electron chi connectivity index (χ1n) is 14.9. The third-order valence-corrected chi connectivity index (χ3v) is 9.31. The van der Waals surface area contributed by atoms with Gasteiger partial charge < -0.3 is 0 Å². The van der Waals surface area contributed by atoms with Crippen molar-refractivity contribution in [1.29, 1.82) is 0 Å². The standard InChI is InChI=1S/C42H28/c1-4-10-37-27(7-1)13-14-28-15-19-34-24-32(21-22-38(34)42(28)37)29-16-17-31-25-35(20-18-30(31)23-29)41-26-33-8-2-3-9-36(33)39-11-5-6-12-40(39)41/h1-14,16-18,20-26H,15,19H2. The van der Waals surface area contributed by atoms with E-state index in [0.717, 1.165) is 12.8 Å². The summed E-state index contributed by atoms with van der Waals surface area (Å²) in [4.78, 5) is 0. The highest BCUT2D eigenvalue weighted by Gasteiger charge is 2.19. The van der Waals surface area contributed by atoms with Gasteiger partial charge in [-0.15, -0.1) is 0 Å². The first-order valence-corrected chi connectivity index (χ1v) is 14.9. The van der Waals surface area contributed by atoms with Crippen LogP contribution in [-0.2, 0) is 12.8 Å². The van der Waals surface area contributed by atoms with Crippen LogP contribution >= 0.6 is 0 Å². The molecule has 8 aromatic rings. The molecule has 0 heterocycles. The zero-order valence-electron chi connectivity index (χ0n) is 23.3. The van der Waals surface area contributed by atoms with Crippen LogP contribution in [0.1, 0.15) is 11.1 Å². The Morgan fingerprint density at radius 2 is 0.905 bits per heavy atom. The highest BCUT2D eigenvalue weighted by Crippen LogP contribution is 2.41. The molecule has 0 atom stereocenters. The van der Waals surface area contributed by atoms with Crippen molar-refractivity contribution in [3.05, 3.63) is 157 Å². The lowest BCUT2D eigenvalue weighted by molar-refractivity contribution is 0.945. The number of rotatable bonds is 2. The van der Waals surface area contributed by atoms with E-state index in [2.05, 4.69) is 146 Å². The van der Waals surface area contributed by atoms with Crippen LogP contribution in [0.15, 0.2) is 146 Å². The number of hydrogen-bond acceptors (Lipinski definition) is 0. The van der Waals surface area contributed by atoms with Crippen LogP contribution in [0.25, 0.3) is 76.5 Å². The predicted octanol–water partition coefficient (Wildman–Crippen LogP) is 11.4. The Morgan fingerprint density at radius 3 is 1.76 bits per heavy atom. The van der Waals surface area contributed by atoms with E-state index in [1.165, 1.54) is 87.6 Å². The summed E-state index contributed by atoms with van der Waals surface area (Å²) < 4.78 is 0. The number of benzene rings is 8. The summed E-state index contributed by atoms with van der Waals surface area (Å²) in [6.07, 6.45) is 2.19. The molecule has 0 N–H and O–H groups in total. The monoisotopic (exact) mass is 532 g/mol. The van der Waals surface area contributed by atoms with Crippen LogP contribution in [-0.4, -0.2) is 0 Å². The van der Waals surface area contributed by atoms with Gasteiger partial charge in [0.2, 0.25) is 0 Å². The van der Waals surface area contributed by atoms with Crippen molar-refractivity contribution >= 4 is 43.1 Å². The maximum Gasteiger partial charge on any atom is -0.00704 e. The van der Waals surface area contributed by atoms with E-state index in [9.17, 15) is 0 Å². The quantitative estimate of drug-likeness (QED) is 0.194. The fourth-order valence-electron chi connectivity index (χ4n) is 7.22. The van der Waals surface area contributed by atoms with Crippen molar-refractivity contribution in [2.75, 3.05) is 0 Å². The van der Waals surface area contributed by atoms with Gasteiger partial charge in [-0.2, -0.15) is 0 Å². The Morgan fingerprint density at radius 1 is 0.310 bits per heavy atom. The minimum absolute atomic E-state index is 1.09. The second kappa shape index (κ2) is 9.16. The van der Waals surface area contributed by atoms with Crippen LogP contribution < -0.4 is 0 Å². The van der Waals surface area contributed by atoms with Crippen LogP contribution in [0.2, 0.25) is 0 Å². The summed E-state index contributed by atoms with van der Waals surface area (Å²) in [5, 5.41) is 10.4. The average Bonchev–Trinajstić information content (AvgIpc) is 3.07. The fraction of sp³-hybridized carbons (Fsp3) is 0.0476. The number of fused-ring (bicyclic) bond motifs is 9. The molecule has 0 nitrogen and oxygen atoms in total. The molecule has 0 saturated heterocycles. The van der Waals surface area contributed by atoms with Gasteiger partial charge in [-0.3, -0.25) is 0 Å². The lowest BCUT2D eigenvalue weighted by Crippen LogP contribution is -2.04. The Balaban J connectivity index is 1.13. The molecule has 196 valence electrons. The van der Waals surface area contributed by atoms with Gasteiger partial charge in [-0.1, -0.05) is 127 Å². The van der Waals surface area contributed by atoms with Crippen LogP contribution in [0.5, 0.6) is 0 Å². The predicted molar refractivity (Wildman–Crippen MR) is 180 cm³/mol. The molecular weight excluding hydrogens is 504 g/mol. The molecule has 9 rings (SSSR count). The summed E-state index contributed by atoms with van der Waals surface area (Å²) in [5.41, 5.74) is 10.9. The Labute approximate surface area is 245 Å².